The summed E-state index contributed by atoms with van der Waals surface area (Å²) in [6, 6.07) is 64.9. The molecule has 0 fully saturated rings. The summed E-state index contributed by atoms with van der Waals surface area (Å²) in [6.07, 6.45) is 0. The lowest BCUT2D eigenvalue weighted by Crippen LogP contribution is -1.91. The van der Waals surface area contributed by atoms with E-state index < -0.39 is 0 Å². The summed E-state index contributed by atoms with van der Waals surface area (Å²) in [4.78, 5) is 0. The van der Waals surface area contributed by atoms with Gasteiger partial charge in [-0.05, 0) is 90.3 Å². The van der Waals surface area contributed by atoms with Crippen molar-refractivity contribution in [1.82, 2.24) is 0 Å². The first-order valence-corrected chi connectivity index (χ1v) is 15.7. The predicted molar refractivity (Wildman–Crippen MR) is 196 cm³/mol. The molecule has 0 atom stereocenters. The fourth-order valence-electron chi connectivity index (χ4n) is 6.45. The van der Waals surface area contributed by atoms with Crippen LogP contribution < -0.4 is 0 Å². The molecule has 214 valence electrons. The van der Waals surface area contributed by atoms with Crippen molar-refractivity contribution in [2.24, 2.45) is 0 Å². The van der Waals surface area contributed by atoms with Crippen LogP contribution in [0.4, 0.5) is 0 Å². The Bertz CT molecular complexity index is 2300. The molecular formula is C46H30. The highest BCUT2D eigenvalue weighted by Gasteiger charge is 2.16. The van der Waals surface area contributed by atoms with Gasteiger partial charge in [0.2, 0.25) is 0 Å². The zero-order valence-electron chi connectivity index (χ0n) is 25.3. The van der Waals surface area contributed by atoms with Crippen LogP contribution >= 0.6 is 0 Å². The lowest BCUT2D eigenvalue weighted by molar-refractivity contribution is 1.58. The van der Waals surface area contributed by atoms with Gasteiger partial charge in [0, 0.05) is 11.1 Å². The third kappa shape index (κ3) is 5.26. The van der Waals surface area contributed by atoms with Crippen LogP contribution in [-0.4, -0.2) is 0 Å². The van der Waals surface area contributed by atoms with Crippen LogP contribution in [0, 0.1) is 11.8 Å². The maximum absolute atomic E-state index is 3.32. The summed E-state index contributed by atoms with van der Waals surface area (Å²) in [5, 5.41) is 5.01. The van der Waals surface area contributed by atoms with Crippen molar-refractivity contribution < 1.29 is 0 Å². The van der Waals surface area contributed by atoms with E-state index in [-0.39, 0.29) is 0 Å². The lowest BCUT2D eigenvalue weighted by atomic mass is 9.85. The number of fused-ring (bicyclic) bond motifs is 2. The van der Waals surface area contributed by atoms with Crippen LogP contribution in [0.2, 0.25) is 0 Å². The molecule has 8 rings (SSSR count). The highest BCUT2D eigenvalue weighted by molar-refractivity contribution is 6.21. The molecule has 0 spiro atoms. The number of hydrogen-bond acceptors (Lipinski definition) is 0. The van der Waals surface area contributed by atoms with Gasteiger partial charge < -0.3 is 0 Å². The van der Waals surface area contributed by atoms with Crippen LogP contribution in [0.5, 0.6) is 0 Å². The van der Waals surface area contributed by atoms with E-state index >= 15 is 0 Å². The maximum Gasteiger partial charge on any atom is 0.0249 e. The molecule has 8 aromatic rings. The number of hydrogen-bond donors (Lipinski definition) is 0. The van der Waals surface area contributed by atoms with E-state index in [0.29, 0.717) is 0 Å². The zero-order chi connectivity index (χ0) is 30.7. The van der Waals surface area contributed by atoms with Crippen LogP contribution in [0.3, 0.4) is 0 Å². The second-order valence-corrected chi connectivity index (χ2v) is 11.6. The second-order valence-electron chi connectivity index (χ2n) is 11.6. The second kappa shape index (κ2) is 12.1. The first-order valence-electron chi connectivity index (χ1n) is 15.7. The third-order valence-electron chi connectivity index (χ3n) is 8.73. The third-order valence-corrected chi connectivity index (χ3v) is 8.73. The van der Waals surface area contributed by atoms with Gasteiger partial charge in [-0.15, -0.1) is 0 Å². The molecule has 0 nitrogen and oxygen atoms in total. The Labute approximate surface area is 270 Å². The summed E-state index contributed by atoms with van der Waals surface area (Å²) in [5.74, 6) is 6.60. The minimum Gasteiger partial charge on any atom is -0.0622 e. The first-order chi connectivity index (χ1) is 22.8. The molecule has 8 aromatic carbocycles. The van der Waals surface area contributed by atoms with Crippen molar-refractivity contribution >= 4 is 21.5 Å². The quantitative estimate of drug-likeness (QED) is 0.143. The van der Waals surface area contributed by atoms with Gasteiger partial charge in [-0.2, -0.15) is 0 Å². The average Bonchev–Trinajstić information content (AvgIpc) is 3.14. The molecule has 0 heterocycles. The van der Waals surface area contributed by atoms with Crippen molar-refractivity contribution in [3.63, 3.8) is 0 Å². The van der Waals surface area contributed by atoms with E-state index in [4.69, 9.17) is 0 Å². The standard InChI is InChI=1S/C46H30/c1-3-11-33(12-4-1)19-20-34-21-23-39(24-22-34)45-41-15-7-9-17-43(41)46(44-18-10-8-16-42(44)45)40-31-29-38(30-32-40)37-27-25-36(26-28-37)35-13-5-2-6-14-35/h1-18,21-32H. The summed E-state index contributed by atoms with van der Waals surface area (Å²) in [7, 11) is 0. The monoisotopic (exact) mass is 582 g/mol. The Hall–Kier alpha value is -6.16. The van der Waals surface area contributed by atoms with Crippen LogP contribution in [0.25, 0.3) is 66.1 Å². The summed E-state index contributed by atoms with van der Waals surface area (Å²) in [5.41, 5.74) is 11.9. The van der Waals surface area contributed by atoms with Gasteiger partial charge in [-0.3, -0.25) is 0 Å². The van der Waals surface area contributed by atoms with E-state index in [9.17, 15) is 0 Å². The molecule has 0 unspecified atom stereocenters. The molecule has 0 aliphatic rings. The molecule has 46 heavy (non-hydrogen) atoms. The molecule has 0 amide bonds. The molecule has 0 heteroatoms. The Morgan fingerprint density at radius 2 is 0.500 bits per heavy atom. The van der Waals surface area contributed by atoms with E-state index in [1.807, 2.05) is 30.3 Å². The van der Waals surface area contributed by atoms with Gasteiger partial charge in [0.15, 0.2) is 0 Å². The smallest absolute Gasteiger partial charge is 0.0249 e. The zero-order valence-corrected chi connectivity index (χ0v) is 25.3. The molecule has 0 aliphatic carbocycles. The van der Waals surface area contributed by atoms with Crippen LogP contribution in [-0.2, 0) is 0 Å². The minimum absolute atomic E-state index is 1.01. The Morgan fingerprint density at radius 1 is 0.217 bits per heavy atom. The van der Waals surface area contributed by atoms with Gasteiger partial charge in [-0.25, -0.2) is 0 Å². The van der Waals surface area contributed by atoms with Crippen molar-refractivity contribution in [3.05, 3.63) is 193 Å². The molecule has 0 radical (unpaired) electrons. The van der Waals surface area contributed by atoms with E-state index in [0.717, 1.165) is 11.1 Å². The van der Waals surface area contributed by atoms with Gasteiger partial charge in [-0.1, -0.05) is 170 Å². The largest absolute Gasteiger partial charge is 0.0622 e. The Morgan fingerprint density at radius 3 is 0.913 bits per heavy atom. The SMILES string of the molecule is C(#Cc1ccc(-c2c3ccccc3c(-c3ccc(-c4ccc(-c5ccccc5)cc4)cc3)c3ccccc23)cc1)c1ccccc1. The van der Waals surface area contributed by atoms with E-state index in [2.05, 4.69) is 164 Å². The Balaban J connectivity index is 1.19. The maximum atomic E-state index is 3.32. The first kappa shape index (κ1) is 27.4. The van der Waals surface area contributed by atoms with Crippen molar-refractivity contribution in [3.8, 4) is 56.3 Å². The van der Waals surface area contributed by atoms with Crippen molar-refractivity contribution in [2.75, 3.05) is 0 Å². The van der Waals surface area contributed by atoms with Gasteiger partial charge in [0.1, 0.15) is 0 Å². The lowest BCUT2D eigenvalue weighted by Gasteiger charge is -2.18. The van der Waals surface area contributed by atoms with Crippen LogP contribution in [0.15, 0.2) is 182 Å². The fraction of sp³-hybridized carbons (Fsp3) is 0. The Kier molecular flexibility index (Phi) is 7.20. The fourth-order valence-corrected chi connectivity index (χ4v) is 6.45. The average molecular weight is 583 g/mol. The molecule has 0 bridgehead atoms. The highest BCUT2D eigenvalue weighted by Crippen LogP contribution is 2.43. The molecular weight excluding hydrogens is 553 g/mol. The van der Waals surface area contributed by atoms with E-state index in [1.165, 1.54) is 66.1 Å². The minimum atomic E-state index is 1.01. The van der Waals surface area contributed by atoms with Crippen LogP contribution in [0.1, 0.15) is 11.1 Å². The normalized spacial score (nSPS) is 10.9. The summed E-state index contributed by atoms with van der Waals surface area (Å²) < 4.78 is 0. The molecule has 0 N–H and O–H groups in total. The molecule has 0 aromatic heterocycles. The van der Waals surface area contributed by atoms with Gasteiger partial charge in [0.05, 0.1) is 0 Å². The molecule has 0 saturated heterocycles. The highest BCUT2D eigenvalue weighted by atomic mass is 14.2. The summed E-state index contributed by atoms with van der Waals surface area (Å²) in [6.45, 7) is 0. The topological polar surface area (TPSA) is 0 Å². The van der Waals surface area contributed by atoms with Crippen molar-refractivity contribution in [1.29, 1.82) is 0 Å². The molecule has 0 saturated carbocycles. The van der Waals surface area contributed by atoms with E-state index in [1.54, 1.807) is 0 Å². The summed E-state index contributed by atoms with van der Waals surface area (Å²) >= 11 is 0. The molecule has 0 aliphatic heterocycles. The van der Waals surface area contributed by atoms with Crippen molar-refractivity contribution in [2.45, 2.75) is 0 Å². The van der Waals surface area contributed by atoms with Gasteiger partial charge >= 0.3 is 0 Å². The number of rotatable bonds is 4. The van der Waals surface area contributed by atoms with Gasteiger partial charge in [0.25, 0.3) is 0 Å². The number of benzene rings is 8. The predicted octanol–water partition coefficient (Wildman–Crippen LogP) is 12.1.